The van der Waals surface area contributed by atoms with Crippen LogP contribution in [0, 0.1) is 0 Å². The second-order valence-corrected chi connectivity index (χ2v) is 5.02. The van der Waals surface area contributed by atoms with Crippen molar-refractivity contribution < 1.29 is 4.79 Å². The summed E-state index contributed by atoms with van der Waals surface area (Å²) in [6.07, 6.45) is 1.98. The molecule has 0 radical (unpaired) electrons. The minimum atomic E-state index is -0.109. The summed E-state index contributed by atoms with van der Waals surface area (Å²) in [5.74, 6) is 0.859. The summed E-state index contributed by atoms with van der Waals surface area (Å²) >= 11 is 0. The second kappa shape index (κ2) is 5.01. The van der Waals surface area contributed by atoms with E-state index >= 15 is 0 Å². The zero-order valence-electron chi connectivity index (χ0n) is 10.9. The Balaban J connectivity index is 1.72. The van der Waals surface area contributed by atoms with E-state index in [-0.39, 0.29) is 18.0 Å². The molecule has 0 spiro atoms. The van der Waals surface area contributed by atoms with Crippen molar-refractivity contribution in [2.75, 3.05) is 6.54 Å². The fraction of sp³-hybridized carbons (Fsp3) is 0.429. The van der Waals surface area contributed by atoms with Gasteiger partial charge >= 0.3 is 0 Å². The Morgan fingerprint density at radius 3 is 3.05 bits per heavy atom. The summed E-state index contributed by atoms with van der Waals surface area (Å²) in [4.78, 5) is 19.8. The number of hydrogen-bond donors (Lipinski definition) is 3. The number of carbonyl (C=O) groups excluding carboxylic acids is 1. The highest BCUT2D eigenvalue weighted by atomic mass is 16.2. The number of hydrogen-bond acceptors (Lipinski definition) is 3. The van der Waals surface area contributed by atoms with E-state index in [1.807, 2.05) is 31.2 Å². The predicted molar refractivity (Wildman–Crippen MR) is 73.7 cm³/mol. The standard InChI is InChI=1S/C14H18N4O/c1-9(16-14(19)12-7-4-8-15-12)13-17-10-5-2-3-6-11(10)18-13/h2-3,5-6,9,12,15H,4,7-8H2,1H3,(H,16,19)(H,17,18)/t9?,12-/m0/s1. The van der Waals surface area contributed by atoms with E-state index in [0.717, 1.165) is 36.2 Å². The van der Waals surface area contributed by atoms with Crippen LogP contribution in [-0.4, -0.2) is 28.5 Å². The molecule has 5 heteroatoms. The molecule has 3 rings (SSSR count). The summed E-state index contributed by atoms with van der Waals surface area (Å²) < 4.78 is 0. The lowest BCUT2D eigenvalue weighted by Gasteiger charge is -2.15. The molecule has 1 fully saturated rings. The van der Waals surface area contributed by atoms with Crippen molar-refractivity contribution in [1.29, 1.82) is 0 Å². The van der Waals surface area contributed by atoms with Crippen LogP contribution < -0.4 is 10.6 Å². The summed E-state index contributed by atoms with van der Waals surface area (Å²) in [5, 5.41) is 6.20. The number of fused-ring (bicyclic) bond motifs is 1. The highest BCUT2D eigenvalue weighted by Crippen LogP contribution is 2.16. The Morgan fingerprint density at radius 2 is 2.32 bits per heavy atom. The van der Waals surface area contributed by atoms with Gasteiger partial charge in [0.05, 0.1) is 23.1 Å². The van der Waals surface area contributed by atoms with Gasteiger partial charge in [-0.1, -0.05) is 12.1 Å². The predicted octanol–water partition coefficient (Wildman–Crippen LogP) is 1.49. The molecule has 3 N–H and O–H groups in total. The van der Waals surface area contributed by atoms with Crippen LogP contribution in [0.2, 0.25) is 0 Å². The zero-order chi connectivity index (χ0) is 13.2. The van der Waals surface area contributed by atoms with Gasteiger partial charge in [-0.25, -0.2) is 4.98 Å². The molecule has 1 aromatic heterocycles. The smallest absolute Gasteiger partial charge is 0.237 e. The molecule has 0 saturated carbocycles. The van der Waals surface area contributed by atoms with Crippen molar-refractivity contribution in [3.05, 3.63) is 30.1 Å². The van der Waals surface area contributed by atoms with Crippen LogP contribution >= 0.6 is 0 Å². The monoisotopic (exact) mass is 258 g/mol. The van der Waals surface area contributed by atoms with Crippen LogP contribution in [0.1, 0.15) is 31.6 Å². The van der Waals surface area contributed by atoms with Gasteiger partial charge in [0, 0.05) is 0 Å². The van der Waals surface area contributed by atoms with Crippen LogP contribution in [0.4, 0.5) is 0 Å². The van der Waals surface area contributed by atoms with Crippen molar-refractivity contribution in [2.45, 2.75) is 31.8 Å². The molecule has 0 aliphatic carbocycles. The normalized spacial score (nSPS) is 20.6. The van der Waals surface area contributed by atoms with Gasteiger partial charge in [0.25, 0.3) is 0 Å². The number of aromatic amines is 1. The Labute approximate surface area is 111 Å². The average molecular weight is 258 g/mol. The van der Waals surface area contributed by atoms with Crippen molar-refractivity contribution in [3.63, 3.8) is 0 Å². The Bertz CT molecular complexity index is 553. The second-order valence-electron chi connectivity index (χ2n) is 5.02. The van der Waals surface area contributed by atoms with Crippen LogP contribution in [0.5, 0.6) is 0 Å². The molecular formula is C14H18N4O. The first kappa shape index (κ1) is 12.2. The Hall–Kier alpha value is -1.88. The number of rotatable bonds is 3. The first-order valence-corrected chi connectivity index (χ1v) is 6.72. The van der Waals surface area contributed by atoms with Crippen molar-refractivity contribution in [3.8, 4) is 0 Å². The average Bonchev–Trinajstić information content (AvgIpc) is 3.07. The molecule has 2 heterocycles. The third kappa shape index (κ3) is 2.46. The molecule has 1 aliphatic heterocycles. The number of nitrogens with zero attached hydrogens (tertiary/aromatic N) is 1. The number of imidazole rings is 1. The van der Waals surface area contributed by atoms with Crippen molar-refractivity contribution >= 4 is 16.9 Å². The highest BCUT2D eigenvalue weighted by Gasteiger charge is 2.24. The van der Waals surface area contributed by atoms with E-state index < -0.39 is 0 Å². The van der Waals surface area contributed by atoms with Crippen LogP contribution in [0.3, 0.4) is 0 Å². The molecule has 2 atom stereocenters. The molecule has 1 saturated heterocycles. The maximum absolute atomic E-state index is 12.0. The van der Waals surface area contributed by atoms with Crippen LogP contribution in [0.25, 0.3) is 11.0 Å². The summed E-state index contributed by atoms with van der Waals surface area (Å²) in [6.45, 7) is 2.88. The third-order valence-corrected chi connectivity index (χ3v) is 3.55. The largest absolute Gasteiger partial charge is 0.345 e. The Morgan fingerprint density at radius 1 is 1.47 bits per heavy atom. The lowest BCUT2D eigenvalue weighted by Crippen LogP contribution is -2.41. The van der Waals surface area contributed by atoms with Gasteiger partial charge < -0.3 is 15.6 Å². The minimum absolute atomic E-state index is 0.0492. The first-order chi connectivity index (χ1) is 9.24. The fourth-order valence-electron chi connectivity index (χ4n) is 2.47. The number of benzene rings is 1. The molecule has 2 aromatic rings. The van der Waals surface area contributed by atoms with Crippen molar-refractivity contribution in [2.24, 2.45) is 0 Å². The van der Waals surface area contributed by atoms with E-state index in [2.05, 4.69) is 20.6 Å². The van der Waals surface area contributed by atoms with E-state index in [1.54, 1.807) is 0 Å². The number of amides is 1. The zero-order valence-corrected chi connectivity index (χ0v) is 10.9. The van der Waals surface area contributed by atoms with Gasteiger partial charge in [-0.15, -0.1) is 0 Å². The van der Waals surface area contributed by atoms with Crippen LogP contribution in [-0.2, 0) is 4.79 Å². The molecule has 19 heavy (non-hydrogen) atoms. The lowest BCUT2D eigenvalue weighted by molar-refractivity contribution is -0.123. The quantitative estimate of drug-likeness (QED) is 0.781. The van der Waals surface area contributed by atoms with Crippen LogP contribution in [0.15, 0.2) is 24.3 Å². The van der Waals surface area contributed by atoms with Gasteiger partial charge in [0.1, 0.15) is 5.82 Å². The summed E-state index contributed by atoms with van der Waals surface area (Å²) in [5.41, 5.74) is 1.93. The molecule has 1 unspecified atom stereocenters. The number of aromatic nitrogens is 2. The number of nitrogens with one attached hydrogen (secondary N) is 3. The fourth-order valence-corrected chi connectivity index (χ4v) is 2.47. The SMILES string of the molecule is CC(NC(=O)[C@@H]1CCCN1)c1nc2ccccc2[nH]1. The highest BCUT2D eigenvalue weighted by molar-refractivity contribution is 5.82. The number of carbonyl (C=O) groups is 1. The Kier molecular flexibility index (Phi) is 3.21. The van der Waals surface area contributed by atoms with Gasteiger partial charge in [0.2, 0.25) is 5.91 Å². The third-order valence-electron chi connectivity index (χ3n) is 3.55. The molecule has 1 aromatic carbocycles. The molecular weight excluding hydrogens is 240 g/mol. The molecule has 1 aliphatic rings. The molecule has 5 nitrogen and oxygen atoms in total. The molecule has 1 amide bonds. The van der Waals surface area contributed by atoms with Gasteiger partial charge in [0.15, 0.2) is 0 Å². The van der Waals surface area contributed by atoms with Gasteiger partial charge in [-0.3, -0.25) is 4.79 Å². The maximum atomic E-state index is 12.0. The molecule has 100 valence electrons. The number of H-pyrrole nitrogens is 1. The first-order valence-electron chi connectivity index (χ1n) is 6.72. The summed E-state index contributed by atoms with van der Waals surface area (Å²) in [7, 11) is 0. The lowest BCUT2D eigenvalue weighted by atomic mass is 10.2. The van der Waals surface area contributed by atoms with Gasteiger partial charge in [-0.2, -0.15) is 0 Å². The van der Waals surface area contributed by atoms with E-state index in [4.69, 9.17) is 0 Å². The van der Waals surface area contributed by atoms with E-state index in [0.29, 0.717) is 0 Å². The minimum Gasteiger partial charge on any atom is -0.345 e. The van der Waals surface area contributed by atoms with Gasteiger partial charge in [-0.05, 0) is 38.4 Å². The molecule has 0 bridgehead atoms. The topological polar surface area (TPSA) is 69.8 Å². The number of para-hydroxylation sites is 2. The van der Waals surface area contributed by atoms with Crippen molar-refractivity contribution in [1.82, 2.24) is 20.6 Å². The summed E-state index contributed by atoms with van der Waals surface area (Å²) in [6, 6.07) is 7.71. The van der Waals surface area contributed by atoms with E-state index in [9.17, 15) is 4.79 Å². The maximum Gasteiger partial charge on any atom is 0.237 e. The van der Waals surface area contributed by atoms with E-state index in [1.165, 1.54) is 0 Å².